The van der Waals surface area contributed by atoms with Crippen molar-refractivity contribution in [2.24, 2.45) is 0 Å². The molecule has 2 N–H and O–H groups in total. The van der Waals surface area contributed by atoms with Crippen LogP contribution in [0.25, 0.3) is 0 Å². The molecule has 27 heavy (non-hydrogen) atoms. The van der Waals surface area contributed by atoms with Gasteiger partial charge >= 0.3 is 0 Å². The van der Waals surface area contributed by atoms with Crippen LogP contribution in [0.1, 0.15) is 71.1 Å². The second kappa shape index (κ2) is 21.2. The van der Waals surface area contributed by atoms with Crippen LogP contribution in [-0.2, 0) is 4.79 Å². The van der Waals surface area contributed by atoms with E-state index in [1.165, 1.54) is 25.7 Å². The number of aliphatic hydroxyl groups is 2. The van der Waals surface area contributed by atoms with E-state index in [2.05, 4.69) is 55.5 Å². The van der Waals surface area contributed by atoms with Gasteiger partial charge in [-0.05, 0) is 44.9 Å². The summed E-state index contributed by atoms with van der Waals surface area (Å²) in [5.41, 5.74) is 0. The molecule has 0 aromatic carbocycles. The molecule has 0 unspecified atom stereocenters. The summed E-state index contributed by atoms with van der Waals surface area (Å²) in [5.74, 6) is 0. The van der Waals surface area contributed by atoms with Gasteiger partial charge in [-0.15, -0.1) is 0 Å². The molecule has 0 aliphatic carbocycles. The fourth-order valence-corrected chi connectivity index (χ4v) is 3.09. The highest BCUT2D eigenvalue weighted by Crippen LogP contribution is 2.15. The molecule has 0 aliphatic heterocycles. The van der Waals surface area contributed by atoms with Gasteiger partial charge in [0.15, 0.2) is 5.12 Å². The van der Waals surface area contributed by atoms with Crippen LogP contribution in [0.3, 0.4) is 0 Å². The zero-order valence-electron chi connectivity index (χ0n) is 16.9. The Balaban J connectivity index is 3.55. The van der Waals surface area contributed by atoms with E-state index in [0.29, 0.717) is 6.42 Å². The van der Waals surface area contributed by atoms with Crippen molar-refractivity contribution < 1.29 is 15.0 Å². The molecule has 3 nitrogen and oxygen atoms in total. The Morgan fingerprint density at radius 2 is 1.26 bits per heavy atom. The van der Waals surface area contributed by atoms with Crippen LogP contribution < -0.4 is 0 Å². The van der Waals surface area contributed by atoms with Crippen molar-refractivity contribution in [1.82, 2.24) is 0 Å². The van der Waals surface area contributed by atoms with E-state index < -0.39 is 0 Å². The predicted molar refractivity (Wildman–Crippen MR) is 119 cm³/mol. The summed E-state index contributed by atoms with van der Waals surface area (Å²) in [6.07, 6.45) is 27.7. The number of hydrogen-bond acceptors (Lipinski definition) is 4. The normalized spacial score (nSPS) is 12.6. The van der Waals surface area contributed by atoms with Crippen LogP contribution in [0.2, 0.25) is 0 Å². The molecule has 0 spiro atoms. The lowest BCUT2D eigenvalue weighted by Crippen LogP contribution is -2.16. The minimum Gasteiger partial charge on any atom is -0.395 e. The van der Waals surface area contributed by atoms with Crippen molar-refractivity contribution >= 4 is 16.9 Å². The third-order valence-corrected chi connectivity index (χ3v) is 5.01. The van der Waals surface area contributed by atoms with E-state index in [9.17, 15) is 4.79 Å². The Morgan fingerprint density at radius 1 is 0.778 bits per heavy atom. The molecule has 0 rings (SSSR count). The molecule has 0 radical (unpaired) electrons. The van der Waals surface area contributed by atoms with Gasteiger partial charge in [-0.3, -0.25) is 4.79 Å². The topological polar surface area (TPSA) is 57.5 Å². The summed E-state index contributed by atoms with van der Waals surface area (Å²) in [4.78, 5) is 11.6. The maximum absolute atomic E-state index is 11.6. The molecule has 154 valence electrons. The largest absolute Gasteiger partial charge is 0.395 e. The first-order valence-corrected chi connectivity index (χ1v) is 11.1. The third kappa shape index (κ3) is 19.5. The van der Waals surface area contributed by atoms with Gasteiger partial charge in [0.05, 0.1) is 18.5 Å². The lowest BCUT2D eigenvalue weighted by atomic mass is 10.2. The van der Waals surface area contributed by atoms with E-state index >= 15 is 0 Å². The predicted octanol–water partition coefficient (Wildman–Crippen LogP) is 5.75. The zero-order valence-corrected chi connectivity index (χ0v) is 17.7. The number of allylic oxidation sites excluding steroid dienone is 8. The number of carbonyl (C=O) groups is 1. The summed E-state index contributed by atoms with van der Waals surface area (Å²) in [6.45, 7) is 1.90. The SMILES string of the molecule is CCCCCC=CCC=CCC=CCC=CCCCC(=O)SC(CO)CO. The molecular weight excluding hydrogens is 356 g/mol. The first-order chi connectivity index (χ1) is 13.2. The molecule has 4 heteroatoms. The molecule has 0 amide bonds. The van der Waals surface area contributed by atoms with E-state index in [-0.39, 0.29) is 23.6 Å². The highest BCUT2D eigenvalue weighted by molar-refractivity contribution is 8.14. The van der Waals surface area contributed by atoms with Gasteiger partial charge in [0.2, 0.25) is 0 Å². The van der Waals surface area contributed by atoms with Crippen LogP contribution in [0.15, 0.2) is 48.6 Å². The van der Waals surface area contributed by atoms with E-state index in [1.54, 1.807) is 0 Å². The van der Waals surface area contributed by atoms with Crippen LogP contribution in [-0.4, -0.2) is 33.8 Å². The van der Waals surface area contributed by atoms with Crippen molar-refractivity contribution in [1.29, 1.82) is 0 Å². The lowest BCUT2D eigenvalue weighted by molar-refractivity contribution is -0.111. The molecule has 0 bridgehead atoms. The Bertz CT molecular complexity index is 449. The van der Waals surface area contributed by atoms with Crippen molar-refractivity contribution in [2.75, 3.05) is 13.2 Å². The highest BCUT2D eigenvalue weighted by Gasteiger charge is 2.11. The summed E-state index contributed by atoms with van der Waals surface area (Å²) in [7, 11) is 0. The standard InChI is InChI=1S/C23H38O3S/c1-2-3-4-5-6-7-8-9-10-11-12-13-14-15-16-17-18-19-23(26)27-22(20-24)21-25/h6-7,9-10,12-13,15-16,22,24-25H,2-5,8,11,14,17-21H2,1H3. The van der Waals surface area contributed by atoms with Crippen molar-refractivity contribution in [3.05, 3.63) is 48.6 Å². The quantitative estimate of drug-likeness (QED) is 0.244. The molecule has 0 aromatic rings. The van der Waals surface area contributed by atoms with Gasteiger partial charge in [0, 0.05) is 6.42 Å². The first-order valence-electron chi connectivity index (χ1n) is 10.3. The van der Waals surface area contributed by atoms with Crippen LogP contribution in [0.4, 0.5) is 0 Å². The Hall–Kier alpha value is -1.10. The number of unbranched alkanes of at least 4 members (excludes halogenated alkanes) is 4. The highest BCUT2D eigenvalue weighted by atomic mass is 32.2. The summed E-state index contributed by atoms with van der Waals surface area (Å²) < 4.78 is 0. The third-order valence-electron chi connectivity index (χ3n) is 3.91. The van der Waals surface area contributed by atoms with Gasteiger partial charge in [0.1, 0.15) is 0 Å². The molecule has 0 fully saturated rings. The van der Waals surface area contributed by atoms with Crippen molar-refractivity contribution in [2.45, 2.75) is 76.4 Å². The monoisotopic (exact) mass is 394 g/mol. The van der Waals surface area contributed by atoms with Gasteiger partial charge in [-0.1, -0.05) is 80.1 Å². The second-order valence-corrected chi connectivity index (χ2v) is 7.82. The van der Waals surface area contributed by atoms with E-state index in [1.807, 2.05) is 0 Å². The van der Waals surface area contributed by atoms with Gasteiger partial charge in [0.25, 0.3) is 0 Å². The number of thioether (sulfide) groups is 1. The summed E-state index contributed by atoms with van der Waals surface area (Å²) >= 11 is 1.05. The molecule has 0 saturated carbocycles. The second-order valence-electron chi connectivity index (χ2n) is 6.46. The first kappa shape index (κ1) is 25.9. The number of hydrogen-bond donors (Lipinski definition) is 2. The van der Waals surface area contributed by atoms with Gasteiger partial charge < -0.3 is 10.2 Å². The molecule has 0 aliphatic rings. The zero-order chi connectivity index (χ0) is 20.0. The molecule has 0 aromatic heterocycles. The summed E-state index contributed by atoms with van der Waals surface area (Å²) in [5, 5.41) is 17.5. The van der Waals surface area contributed by atoms with E-state index in [4.69, 9.17) is 10.2 Å². The van der Waals surface area contributed by atoms with Crippen LogP contribution in [0, 0.1) is 0 Å². The molecule has 0 atom stereocenters. The molecular formula is C23H38O3S. The Kier molecular flexibility index (Phi) is 20.3. The van der Waals surface area contributed by atoms with Crippen LogP contribution >= 0.6 is 11.8 Å². The average molecular weight is 395 g/mol. The van der Waals surface area contributed by atoms with Gasteiger partial charge in [-0.2, -0.15) is 0 Å². The average Bonchev–Trinajstić information content (AvgIpc) is 2.68. The number of carbonyl (C=O) groups excluding carboxylic acids is 1. The van der Waals surface area contributed by atoms with Crippen LogP contribution in [0.5, 0.6) is 0 Å². The minimum absolute atomic E-state index is 0.0407. The Labute approximate surface area is 170 Å². The smallest absolute Gasteiger partial charge is 0.189 e. The van der Waals surface area contributed by atoms with Gasteiger partial charge in [-0.25, -0.2) is 0 Å². The minimum atomic E-state index is -0.381. The number of aliphatic hydroxyl groups excluding tert-OH is 2. The van der Waals surface area contributed by atoms with Crippen molar-refractivity contribution in [3.63, 3.8) is 0 Å². The fraction of sp³-hybridized carbons (Fsp3) is 0.609. The number of rotatable bonds is 17. The van der Waals surface area contributed by atoms with Crippen molar-refractivity contribution in [3.8, 4) is 0 Å². The molecule has 0 heterocycles. The summed E-state index contributed by atoms with van der Waals surface area (Å²) in [6, 6.07) is 0. The fourth-order valence-electron chi connectivity index (χ4n) is 2.30. The van der Waals surface area contributed by atoms with E-state index in [0.717, 1.165) is 43.9 Å². The lowest BCUT2D eigenvalue weighted by Gasteiger charge is -2.08. The molecule has 0 saturated heterocycles. The maximum atomic E-state index is 11.6. The maximum Gasteiger partial charge on any atom is 0.189 e. The Morgan fingerprint density at radius 3 is 1.74 bits per heavy atom.